The second-order valence-corrected chi connectivity index (χ2v) is 6.07. The van der Waals surface area contributed by atoms with E-state index in [1.54, 1.807) is 37.4 Å². The van der Waals surface area contributed by atoms with Crippen LogP contribution in [0.2, 0.25) is 5.02 Å². The van der Waals surface area contributed by atoms with E-state index < -0.39 is 0 Å². The van der Waals surface area contributed by atoms with E-state index in [-0.39, 0.29) is 18.2 Å². The summed E-state index contributed by atoms with van der Waals surface area (Å²) in [6.45, 7) is 0.173. The molecule has 2 aromatic heterocycles. The molecule has 118 valence electrons. The highest BCUT2D eigenvalue weighted by atomic mass is 79.9. The Kier molecular flexibility index (Phi) is 4.49. The SMILES string of the molecule is CN(Cc1nc(-c2ccc(Cl)cc2)no1)C(=O)c1occc1Br. The first kappa shape index (κ1) is 15.8. The first-order valence-electron chi connectivity index (χ1n) is 6.61. The molecule has 3 aromatic rings. The van der Waals surface area contributed by atoms with E-state index in [1.165, 1.54) is 11.2 Å². The summed E-state index contributed by atoms with van der Waals surface area (Å²) in [5.41, 5.74) is 0.784. The number of carbonyl (C=O) groups is 1. The zero-order chi connectivity index (χ0) is 16.4. The van der Waals surface area contributed by atoms with Crippen LogP contribution in [0, 0.1) is 0 Å². The van der Waals surface area contributed by atoms with Gasteiger partial charge in [-0.2, -0.15) is 4.98 Å². The molecule has 0 fully saturated rings. The molecule has 0 aliphatic heterocycles. The molecule has 0 spiro atoms. The van der Waals surface area contributed by atoms with Crippen molar-refractivity contribution >= 4 is 33.4 Å². The quantitative estimate of drug-likeness (QED) is 0.666. The maximum absolute atomic E-state index is 12.2. The Balaban J connectivity index is 1.72. The number of nitrogens with zero attached hydrogens (tertiary/aromatic N) is 3. The largest absolute Gasteiger partial charge is 0.458 e. The minimum atomic E-state index is -0.284. The summed E-state index contributed by atoms with van der Waals surface area (Å²) >= 11 is 9.11. The smallest absolute Gasteiger partial charge is 0.290 e. The van der Waals surface area contributed by atoms with Crippen molar-refractivity contribution in [2.24, 2.45) is 0 Å². The van der Waals surface area contributed by atoms with Crippen LogP contribution in [-0.2, 0) is 6.54 Å². The van der Waals surface area contributed by atoms with Crippen molar-refractivity contribution in [1.29, 1.82) is 0 Å². The Morgan fingerprint density at radius 3 is 2.70 bits per heavy atom. The molecule has 0 saturated heterocycles. The van der Waals surface area contributed by atoms with Gasteiger partial charge in [0.05, 0.1) is 10.7 Å². The van der Waals surface area contributed by atoms with Gasteiger partial charge in [0.15, 0.2) is 0 Å². The highest BCUT2D eigenvalue weighted by Crippen LogP contribution is 2.21. The molecule has 0 radical (unpaired) electrons. The predicted molar refractivity (Wildman–Crippen MR) is 86.9 cm³/mol. The standard InChI is InChI=1S/C15H11BrClN3O3/c1-20(15(21)13-11(16)6-7-22-13)8-12-18-14(19-23-12)9-2-4-10(17)5-3-9/h2-7H,8H2,1H3. The van der Waals surface area contributed by atoms with Gasteiger partial charge >= 0.3 is 0 Å². The van der Waals surface area contributed by atoms with E-state index in [1.807, 2.05) is 0 Å². The van der Waals surface area contributed by atoms with Gasteiger partial charge in [-0.15, -0.1) is 0 Å². The fourth-order valence-electron chi connectivity index (χ4n) is 1.93. The van der Waals surface area contributed by atoms with Crippen LogP contribution in [0.4, 0.5) is 0 Å². The minimum absolute atomic E-state index is 0.173. The molecule has 0 saturated carbocycles. The van der Waals surface area contributed by atoms with Crippen LogP contribution in [0.5, 0.6) is 0 Å². The van der Waals surface area contributed by atoms with Crippen LogP contribution in [0.3, 0.4) is 0 Å². The molecule has 0 atom stereocenters. The average Bonchev–Trinajstić information content (AvgIpc) is 3.16. The van der Waals surface area contributed by atoms with Gasteiger partial charge in [-0.25, -0.2) is 0 Å². The van der Waals surface area contributed by atoms with Gasteiger partial charge in [-0.3, -0.25) is 4.79 Å². The van der Waals surface area contributed by atoms with E-state index >= 15 is 0 Å². The lowest BCUT2D eigenvalue weighted by molar-refractivity contribution is 0.0736. The molecule has 1 amide bonds. The Morgan fingerprint density at radius 1 is 1.30 bits per heavy atom. The monoisotopic (exact) mass is 395 g/mol. The van der Waals surface area contributed by atoms with Crippen molar-refractivity contribution < 1.29 is 13.7 Å². The van der Waals surface area contributed by atoms with Gasteiger partial charge < -0.3 is 13.8 Å². The van der Waals surface area contributed by atoms with Crippen LogP contribution in [0.25, 0.3) is 11.4 Å². The van der Waals surface area contributed by atoms with E-state index in [2.05, 4.69) is 26.1 Å². The number of benzene rings is 1. The summed E-state index contributed by atoms with van der Waals surface area (Å²) in [6, 6.07) is 8.75. The number of aromatic nitrogens is 2. The summed E-state index contributed by atoms with van der Waals surface area (Å²) in [5, 5.41) is 4.54. The molecule has 0 bridgehead atoms. The molecule has 23 heavy (non-hydrogen) atoms. The Bertz CT molecular complexity index is 829. The number of rotatable bonds is 4. The third kappa shape index (κ3) is 3.46. The summed E-state index contributed by atoms with van der Waals surface area (Å²) < 4.78 is 10.9. The lowest BCUT2D eigenvalue weighted by Crippen LogP contribution is -2.26. The molecule has 0 unspecified atom stereocenters. The number of furan rings is 1. The Labute approximate surface area is 145 Å². The number of hydrogen-bond donors (Lipinski definition) is 0. The predicted octanol–water partition coefficient (Wildman–Crippen LogP) is 4.02. The highest BCUT2D eigenvalue weighted by Gasteiger charge is 2.20. The molecular weight excluding hydrogens is 386 g/mol. The molecule has 0 aliphatic rings. The Hall–Kier alpha value is -2.12. The highest BCUT2D eigenvalue weighted by molar-refractivity contribution is 9.10. The fraction of sp³-hybridized carbons (Fsp3) is 0.133. The van der Waals surface area contributed by atoms with E-state index in [0.29, 0.717) is 21.2 Å². The van der Waals surface area contributed by atoms with Crippen LogP contribution in [-0.4, -0.2) is 28.0 Å². The van der Waals surface area contributed by atoms with Crippen molar-refractivity contribution in [1.82, 2.24) is 15.0 Å². The zero-order valence-electron chi connectivity index (χ0n) is 12.0. The minimum Gasteiger partial charge on any atom is -0.458 e. The first-order valence-corrected chi connectivity index (χ1v) is 7.78. The van der Waals surface area contributed by atoms with Crippen LogP contribution >= 0.6 is 27.5 Å². The van der Waals surface area contributed by atoms with Gasteiger partial charge in [0.2, 0.25) is 17.5 Å². The van der Waals surface area contributed by atoms with Crippen molar-refractivity contribution in [3.63, 3.8) is 0 Å². The number of carbonyl (C=O) groups excluding carboxylic acids is 1. The van der Waals surface area contributed by atoms with Gasteiger partial charge in [0.1, 0.15) is 6.54 Å². The van der Waals surface area contributed by atoms with Crippen LogP contribution in [0.1, 0.15) is 16.4 Å². The van der Waals surface area contributed by atoms with Crippen molar-refractivity contribution in [3.8, 4) is 11.4 Å². The molecule has 0 aliphatic carbocycles. The maximum Gasteiger partial charge on any atom is 0.290 e. The number of hydrogen-bond acceptors (Lipinski definition) is 5. The van der Waals surface area contributed by atoms with Crippen LogP contribution in [0.15, 0.2) is 50.0 Å². The molecule has 2 heterocycles. The second-order valence-electron chi connectivity index (χ2n) is 4.78. The van der Waals surface area contributed by atoms with Gasteiger partial charge in [-0.1, -0.05) is 16.8 Å². The van der Waals surface area contributed by atoms with Gasteiger partial charge in [0.25, 0.3) is 5.91 Å². The van der Waals surface area contributed by atoms with E-state index in [0.717, 1.165) is 5.56 Å². The third-order valence-corrected chi connectivity index (χ3v) is 3.98. The topological polar surface area (TPSA) is 72.4 Å². The van der Waals surface area contributed by atoms with Crippen molar-refractivity contribution in [3.05, 3.63) is 57.7 Å². The molecule has 1 aromatic carbocycles. The second kappa shape index (κ2) is 6.55. The molecule has 0 N–H and O–H groups in total. The lowest BCUT2D eigenvalue weighted by Gasteiger charge is -2.12. The summed E-state index contributed by atoms with van der Waals surface area (Å²) in [7, 11) is 1.63. The van der Waals surface area contributed by atoms with Gasteiger partial charge in [0, 0.05) is 17.6 Å². The normalized spacial score (nSPS) is 10.7. The third-order valence-electron chi connectivity index (χ3n) is 3.10. The first-order chi connectivity index (χ1) is 11.0. The molecule has 8 heteroatoms. The van der Waals surface area contributed by atoms with Crippen LogP contribution < -0.4 is 0 Å². The molecule has 3 rings (SSSR count). The zero-order valence-corrected chi connectivity index (χ0v) is 14.3. The van der Waals surface area contributed by atoms with Crippen molar-refractivity contribution in [2.45, 2.75) is 6.54 Å². The van der Waals surface area contributed by atoms with Crippen molar-refractivity contribution in [2.75, 3.05) is 7.05 Å². The van der Waals surface area contributed by atoms with E-state index in [4.69, 9.17) is 20.5 Å². The Morgan fingerprint density at radius 2 is 2.04 bits per heavy atom. The number of amides is 1. The molecular formula is C15H11BrClN3O3. The summed E-state index contributed by atoms with van der Waals surface area (Å²) in [5.74, 6) is 0.711. The number of halogens is 2. The maximum atomic E-state index is 12.2. The van der Waals surface area contributed by atoms with Gasteiger partial charge in [-0.05, 0) is 46.3 Å². The lowest BCUT2D eigenvalue weighted by atomic mass is 10.2. The summed E-state index contributed by atoms with van der Waals surface area (Å²) in [6.07, 6.45) is 1.44. The fourth-order valence-corrected chi connectivity index (χ4v) is 2.43. The average molecular weight is 397 g/mol. The molecule has 6 nitrogen and oxygen atoms in total. The van der Waals surface area contributed by atoms with E-state index in [9.17, 15) is 4.79 Å². The summed E-state index contributed by atoms with van der Waals surface area (Å²) in [4.78, 5) is 18.0.